The van der Waals surface area contributed by atoms with Crippen LogP contribution in [0.4, 0.5) is 0 Å². The lowest BCUT2D eigenvalue weighted by molar-refractivity contribution is -0.139. The molecule has 0 aromatic rings. The summed E-state index contributed by atoms with van der Waals surface area (Å²) in [5.74, 6) is 0.848. The monoisotopic (exact) mass is 297 g/mol. The lowest BCUT2D eigenvalue weighted by Crippen LogP contribution is -2.43. The van der Waals surface area contributed by atoms with E-state index in [4.69, 9.17) is 4.74 Å². The summed E-state index contributed by atoms with van der Waals surface area (Å²) in [6.07, 6.45) is 8.51. The molecule has 1 saturated heterocycles. The second-order valence-corrected chi connectivity index (χ2v) is 6.77. The fraction of sp³-hybridized carbons (Fsp3) is 0.941. The van der Waals surface area contributed by atoms with Gasteiger partial charge in [0.15, 0.2) is 0 Å². The molecule has 1 amide bonds. The standard InChI is InChI=1S/C17H31NO3/c1-2-21-13-8-15-6-11-18(12-7-15)16(19)14-17(20)9-4-3-5-10-17/h15,20H,2-14H2,1H3. The van der Waals surface area contributed by atoms with E-state index < -0.39 is 5.60 Å². The zero-order chi connectivity index (χ0) is 15.1. The highest BCUT2D eigenvalue weighted by Crippen LogP contribution is 2.32. The Bertz CT molecular complexity index is 318. The van der Waals surface area contributed by atoms with E-state index in [-0.39, 0.29) is 5.91 Å². The summed E-state index contributed by atoms with van der Waals surface area (Å²) in [6, 6.07) is 0. The van der Waals surface area contributed by atoms with E-state index in [2.05, 4.69) is 0 Å². The summed E-state index contributed by atoms with van der Waals surface area (Å²) >= 11 is 0. The van der Waals surface area contributed by atoms with Gasteiger partial charge < -0.3 is 14.7 Å². The number of aliphatic hydroxyl groups is 1. The van der Waals surface area contributed by atoms with Crippen LogP contribution in [0.1, 0.15) is 64.7 Å². The highest BCUT2D eigenvalue weighted by Gasteiger charge is 2.34. The third-order valence-corrected chi connectivity index (χ3v) is 5.11. The van der Waals surface area contributed by atoms with Crippen molar-refractivity contribution in [2.24, 2.45) is 5.92 Å². The number of likely N-dealkylation sites (tertiary alicyclic amines) is 1. The van der Waals surface area contributed by atoms with Gasteiger partial charge in [-0.05, 0) is 44.9 Å². The minimum atomic E-state index is -0.721. The first-order chi connectivity index (χ1) is 10.1. The predicted molar refractivity (Wildman–Crippen MR) is 83.1 cm³/mol. The molecule has 21 heavy (non-hydrogen) atoms. The lowest BCUT2D eigenvalue weighted by Gasteiger charge is -2.36. The van der Waals surface area contributed by atoms with Crippen LogP contribution >= 0.6 is 0 Å². The molecule has 4 heteroatoms. The number of nitrogens with zero attached hydrogens (tertiary/aromatic N) is 1. The summed E-state index contributed by atoms with van der Waals surface area (Å²) < 4.78 is 5.41. The maximum Gasteiger partial charge on any atom is 0.225 e. The maximum absolute atomic E-state index is 12.4. The van der Waals surface area contributed by atoms with Crippen molar-refractivity contribution >= 4 is 5.91 Å². The highest BCUT2D eigenvalue weighted by atomic mass is 16.5. The van der Waals surface area contributed by atoms with Gasteiger partial charge in [0.25, 0.3) is 0 Å². The molecule has 0 aromatic heterocycles. The van der Waals surface area contributed by atoms with Gasteiger partial charge in [-0.3, -0.25) is 4.79 Å². The molecule has 2 fully saturated rings. The van der Waals surface area contributed by atoms with Crippen LogP contribution in [0.25, 0.3) is 0 Å². The van der Waals surface area contributed by atoms with Crippen LogP contribution in [-0.2, 0) is 9.53 Å². The van der Waals surface area contributed by atoms with E-state index in [0.717, 1.165) is 71.2 Å². The van der Waals surface area contributed by atoms with Crippen LogP contribution < -0.4 is 0 Å². The number of amides is 1. The van der Waals surface area contributed by atoms with Crippen molar-refractivity contribution in [3.63, 3.8) is 0 Å². The van der Waals surface area contributed by atoms with Gasteiger partial charge in [-0.2, -0.15) is 0 Å². The molecular formula is C17H31NO3. The van der Waals surface area contributed by atoms with Crippen molar-refractivity contribution in [2.75, 3.05) is 26.3 Å². The van der Waals surface area contributed by atoms with E-state index >= 15 is 0 Å². The van der Waals surface area contributed by atoms with E-state index in [0.29, 0.717) is 12.3 Å². The summed E-state index contributed by atoms with van der Waals surface area (Å²) in [5, 5.41) is 10.5. The molecular weight excluding hydrogens is 266 g/mol. The predicted octanol–water partition coefficient (Wildman–Crippen LogP) is 2.74. The van der Waals surface area contributed by atoms with Gasteiger partial charge in [0.05, 0.1) is 12.0 Å². The molecule has 1 aliphatic heterocycles. The Labute approximate surface area is 128 Å². The summed E-state index contributed by atoms with van der Waals surface area (Å²) in [5.41, 5.74) is -0.721. The first kappa shape index (κ1) is 16.8. The summed E-state index contributed by atoms with van der Waals surface area (Å²) in [7, 11) is 0. The van der Waals surface area contributed by atoms with Gasteiger partial charge in [-0.1, -0.05) is 19.3 Å². The second-order valence-electron chi connectivity index (χ2n) is 6.77. The SMILES string of the molecule is CCOCCC1CCN(C(=O)CC2(O)CCCCC2)CC1. The molecule has 122 valence electrons. The summed E-state index contributed by atoms with van der Waals surface area (Å²) in [4.78, 5) is 14.3. The Morgan fingerprint density at radius 3 is 2.52 bits per heavy atom. The second kappa shape index (κ2) is 8.14. The minimum Gasteiger partial charge on any atom is -0.389 e. The molecule has 1 N–H and O–H groups in total. The Hall–Kier alpha value is -0.610. The third kappa shape index (κ3) is 5.26. The van der Waals surface area contributed by atoms with Crippen molar-refractivity contribution in [1.82, 2.24) is 4.90 Å². The van der Waals surface area contributed by atoms with E-state index in [1.807, 2.05) is 11.8 Å². The van der Waals surface area contributed by atoms with Crippen molar-refractivity contribution < 1.29 is 14.6 Å². The first-order valence-electron chi connectivity index (χ1n) is 8.71. The van der Waals surface area contributed by atoms with Crippen LogP contribution in [0.3, 0.4) is 0 Å². The number of piperidine rings is 1. The molecule has 1 saturated carbocycles. The van der Waals surface area contributed by atoms with Crippen LogP contribution in [0.2, 0.25) is 0 Å². The molecule has 0 bridgehead atoms. The number of carbonyl (C=O) groups excluding carboxylic acids is 1. The van der Waals surface area contributed by atoms with Gasteiger partial charge in [0, 0.05) is 26.3 Å². The van der Waals surface area contributed by atoms with E-state index in [9.17, 15) is 9.90 Å². The Morgan fingerprint density at radius 2 is 1.90 bits per heavy atom. The number of hydrogen-bond donors (Lipinski definition) is 1. The molecule has 0 unspecified atom stereocenters. The zero-order valence-electron chi connectivity index (χ0n) is 13.5. The van der Waals surface area contributed by atoms with Gasteiger partial charge in [-0.15, -0.1) is 0 Å². The molecule has 1 aliphatic carbocycles. The van der Waals surface area contributed by atoms with Crippen LogP contribution in [0.5, 0.6) is 0 Å². The molecule has 0 spiro atoms. The van der Waals surface area contributed by atoms with Gasteiger partial charge in [0.2, 0.25) is 5.91 Å². The van der Waals surface area contributed by atoms with Gasteiger partial charge in [0.1, 0.15) is 0 Å². The van der Waals surface area contributed by atoms with Crippen molar-refractivity contribution in [2.45, 2.75) is 70.3 Å². The molecule has 2 aliphatic rings. The van der Waals surface area contributed by atoms with Gasteiger partial charge in [-0.25, -0.2) is 0 Å². The van der Waals surface area contributed by atoms with Crippen LogP contribution in [0.15, 0.2) is 0 Å². The number of ether oxygens (including phenoxy) is 1. The molecule has 0 radical (unpaired) electrons. The zero-order valence-corrected chi connectivity index (χ0v) is 13.5. The van der Waals surface area contributed by atoms with E-state index in [1.54, 1.807) is 0 Å². The normalized spacial score (nSPS) is 23.2. The van der Waals surface area contributed by atoms with Crippen molar-refractivity contribution in [3.8, 4) is 0 Å². The molecule has 0 atom stereocenters. The largest absolute Gasteiger partial charge is 0.389 e. The molecule has 2 rings (SSSR count). The maximum atomic E-state index is 12.4. The van der Waals surface area contributed by atoms with Gasteiger partial charge >= 0.3 is 0 Å². The van der Waals surface area contributed by atoms with Crippen molar-refractivity contribution in [1.29, 1.82) is 0 Å². The number of hydrogen-bond acceptors (Lipinski definition) is 3. The van der Waals surface area contributed by atoms with Crippen LogP contribution in [0, 0.1) is 5.92 Å². The lowest BCUT2D eigenvalue weighted by atomic mass is 9.82. The average Bonchev–Trinajstić information content (AvgIpc) is 2.48. The average molecular weight is 297 g/mol. The molecule has 4 nitrogen and oxygen atoms in total. The Kier molecular flexibility index (Phi) is 6.49. The number of carbonyl (C=O) groups is 1. The highest BCUT2D eigenvalue weighted by molar-refractivity contribution is 5.77. The van der Waals surface area contributed by atoms with Crippen LogP contribution in [-0.4, -0.2) is 47.8 Å². The quantitative estimate of drug-likeness (QED) is 0.767. The fourth-order valence-electron chi connectivity index (χ4n) is 3.65. The summed E-state index contributed by atoms with van der Waals surface area (Å²) in [6.45, 7) is 5.36. The Balaban J connectivity index is 1.70. The molecule has 1 heterocycles. The topological polar surface area (TPSA) is 49.8 Å². The van der Waals surface area contributed by atoms with E-state index in [1.165, 1.54) is 6.42 Å². The fourth-order valence-corrected chi connectivity index (χ4v) is 3.65. The first-order valence-corrected chi connectivity index (χ1v) is 8.71. The number of rotatable bonds is 6. The minimum absolute atomic E-state index is 0.155. The smallest absolute Gasteiger partial charge is 0.225 e. The third-order valence-electron chi connectivity index (χ3n) is 5.11. The Morgan fingerprint density at radius 1 is 1.24 bits per heavy atom. The molecule has 0 aromatic carbocycles. The van der Waals surface area contributed by atoms with Crippen molar-refractivity contribution in [3.05, 3.63) is 0 Å².